The van der Waals surface area contributed by atoms with Crippen molar-refractivity contribution in [2.45, 2.75) is 25.4 Å². The van der Waals surface area contributed by atoms with Crippen molar-refractivity contribution in [2.24, 2.45) is 5.92 Å². The van der Waals surface area contributed by atoms with Crippen LogP contribution in [0.4, 0.5) is 4.39 Å². The zero-order valence-corrected chi connectivity index (χ0v) is 7.89. The fourth-order valence-electron chi connectivity index (χ4n) is 2.06. The number of hydrogen-bond acceptors (Lipinski definition) is 2. The molecule has 0 bridgehead atoms. The van der Waals surface area contributed by atoms with E-state index >= 15 is 0 Å². The molecule has 1 N–H and O–H groups in total. The van der Waals surface area contributed by atoms with E-state index in [4.69, 9.17) is 5.11 Å². The van der Waals surface area contributed by atoms with Gasteiger partial charge in [-0.05, 0) is 13.5 Å². The van der Waals surface area contributed by atoms with E-state index in [9.17, 15) is 4.39 Å². The highest BCUT2D eigenvalue weighted by Crippen LogP contribution is 2.33. The largest absolute Gasteiger partial charge is 0.393 e. The first kappa shape index (κ1) is 9.93. The third-order valence-corrected chi connectivity index (χ3v) is 2.70. The van der Waals surface area contributed by atoms with Crippen LogP contribution < -0.4 is 0 Å². The summed E-state index contributed by atoms with van der Waals surface area (Å²) in [7, 11) is 1.90. The highest BCUT2D eigenvalue weighted by molar-refractivity contribution is 4.96. The van der Waals surface area contributed by atoms with Gasteiger partial charge >= 0.3 is 0 Å². The molecule has 1 saturated heterocycles. The van der Waals surface area contributed by atoms with Gasteiger partial charge in [0.05, 0.1) is 6.61 Å². The predicted octanol–water partition coefficient (Wildman–Crippen LogP) is 1.05. The fraction of sp³-hybridized carbons (Fsp3) is 1.00. The molecule has 0 saturated carbocycles. The van der Waals surface area contributed by atoms with Crippen LogP contribution in [0.25, 0.3) is 0 Å². The molecule has 1 aliphatic rings. The Bertz CT molecular complexity index is 153. The van der Waals surface area contributed by atoms with E-state index in [0.29, 0.717) is 6.54 Å². The molecular formula is C9H18FNO. The number of nitrogens with zero attached hydrogens (tertiary/aromatic N) is 1. The summed E-state index contributed by atoms with van der Waals surface area (Å²) in [6.45, 7) is 2.89. The molecule has 1 heterocycles. The number of rotatable bonds is 3. The van der Waals surface area contributed by atoms with Crippen LogP contribution in [0.5, 0.6) is 0 Å². The number of aliphatic hydroxyl groups excluding tert-OH is 1. The summed E-state index contributed by atoms with van der Waals surface area (Å²) < 4.78 is 13.9. The molecule has 1 rings (SSSR count). The molecule has 72 valence electrons. The van der Waals surface area contributed by atoms with Gasteiger partial charge in [-0.2, -0.15) is 0 Å². The van der Waals surface area contributed by atoms with E-state index in [1.54, 1.807) is 0 Å². The quantitative estimate of drug-likeness (QED) is 0.693. The van der Waals surface area contributed by atoms with Crippen molar-refractivity contribution in [3.63, 3.8) is 0 Å². The van der Waals surface area contributed by atoms with Gasteiger partial charge in [0.25, 0.3) is 0 Å². The third kappa shape index (κ3) is 1.77. The first-order valence-corrected chi connectivity index (χ1v) is 4.60. The van der Waals surface area contributed by atoms with Crippen LogP contribution >= 0.6 is 0 Å². The lowest BCUT2D eigenvalue weighted by atomic mass is 9.90. The first-order chi connectivity index (χ1) is 5.62. The Hall–Kier alpha value is -0.150. The van der Waals surface area contributed by atoms with Gasteiger partial charge in [0.15, 0.2) is 0 Å². The maximum atomic E-state index is 13.9. The molecule has 0 aromatic carbocycles. The monoisotopic (exact) mass is 175 g/mol. The minimum atomic E-state index is -1.34. The average molecular weight is 175 g/mol. The molecule has 2 nitrogen and oxygen atoms in total. The van der Waals surface area contributed by atoms with Crippen LogP contribution in [0.2, 0.25) is 0 Å². The SMILES string of the molecule is CCC[C@H]1CN(C)C[C@@]1(F)CO. The van der Waals surface area contributed by atoms with E-state index in [-0.39, 0.29) is 12.5 Å². The molecule has 0 aliphatic carbocycles. The maximum Gasteiger partial charge on any atom is 0.150 e. The Morgan fingerprint density at radius 1 is 1.67 bits per heavy atom. The normalized spacial score (nSPS) is 37.5. The molecule has 0 amide bonds. The molecule has 2 atom stereocenters. The van der Waals surface area contributed by atoms with Gasteiger partial charge in [0.2, 0.25) is 0 Å². The van der Waals surface area contributed by atoms with E-state index in [0.717, 1.165) is 19.4 Å². The summed E-state index contributed by atoms with van der Waals surface area (Å²) in [4.78, 5) is 1.95. The highest BCUT2D eigenvalue weighted by Gasteiger charge is 2.44. The number of hydrogen-bond donors (Lipinski definition) is 1. The topological polar surface area (TPSA) is 23.5 Å². The van der Waals surface area contributed by atoms with Crippen LogP contribution in [0.1, 0.15) is 19.8 Å². The molecule has 1 fully saturated rings. The molecular weight excluding hydrogens is 157 g/mol. The van der Waals surface area contributed by atoms with Crippen molar-refractivity contribution in [3.05, 3.63) is 0 Å². The lowest BCUT2D eigenvalue weighted by molar-refractivity contribution is 0.0423. The molecule has 3 heteroatoms. The van der Waals surface area contributed by atoms with Gasteiger partial charge in [0, 0.05) is 19.0 Å². The molecule has 0 aromatic heterocycles. The summed E-state index contributed by atoms with van der Waals surface area (Å²) in [5.41, 5.74) is -1.34. The minimum absolute atomic E-state index is 0.0255. The summed E-state index contributed by atoms with van der Waals surface area (Å²) in [5, 5.41) is 8.94. The predicted molar refractivity (Wildman–Crippen MR) is 46.8 cm³/mol. The van der Waals surface area contributed by atoms with Crippen LogP contribution in [0.15, 0.2) is 0 Å². The molecule has 0 spiro atoms. The van der Waals surface area contributed by atoms with Gasteiger partial charge in [-0.15, -0.1) is 0 Å². The van der Waals surface area contributed by atoms with Gasteiger partial charge in [0.1, 0.15) is 5.67 Å². The van der Waals surface area contributed by atoms with Crippen LogP contribution in [-0.4, -0.2) is 42.4 Å². The van der Waals surface area contributed by atoms with Gasteiger partial charge < -0.3 is 10.0 Å². The van der Waals surface area contributed by atoms with Crippen molar-refractivity contribution in [1.29, 1.82) is 0 Å². The van der Waals surface area contributed by atoms with Crippen LogP contribution in [-0.2, 0) is 0 Å². The van der Waals surface area contributed by atoms with Gasteiger partial charge in [-0.25, -0.2) is 4.39 Å². The minimum Gasteiger partial charge on any atom is -0.393 e. The molecule has 12 heavy (non-hydrogen) atoms. The second-order valence-corrected chi connectivity index (χ2v) is 3.88. The first-order valence-electron chi connectivity index (χ1n) is 4.60. The third-order valence-electron chi connectivity index (χ3n) is 2.70. The number of alkyl halides is 1. The Balaban J connectivity index is 2.58. The average Bonchev–Trinajstić information content (AvgIpc) is 2.29. The van der Waals surface area contributed by atoms with Gasteiger partial charge in [-0.3, -0.25) is 0 Å². The van der Waals surface area contributed by atoms with Crippen LogP contribution in [0.3, 0.4) is 0 Å². The fourth-order valence-corrected chi connectivity index (χ4v) is 2.06. The van der Waals surface area contributed by atoms with Gasteiger partial charge in [-0.1, -0.05) is 13.3 Å². The van der Waals surface area contributed by atoms with Crippen molar-refractivity contribution in [3.8, 4) is 0 Å². The second kappa shape index (κ2) is 3.71. The Labute approximate surface area is 73.4 Å². The standard InChI is InChI=1S/C9H18FNO/c1-3-4-8-5-11(2)6-9(8,10)7-12/h8,12H,3-7H2,1-2H3/t8-,9+/m0/s1. The zero-order chi connectivity index (χ0) is 9.19. The number of likely N-dealkylation sites (tertiary alicyclic amines) is 1. The lowest BCUT2D eigenvalue weighted by Gasteiger charge is -2.23. The highest BCUT2D eigenvalue weighted by atomic mass is 19.1. The Morgan fingerprint density at radius 2 is 2.33 bits per heavy atom. The van der Waals surface area contributed by atoms with Crippen molar-refractivity contribution in [2.75, 3.05) is 26.7 Å². The van der Waals surface area contributed by atoms with E-state index in [1.807, 2.05) is 11.9 Å². The summed E-state index contributed by atoms with van der Waals surface area (Å²) in [6.07, 6.45) is 1.87. The molecule has 1 aliphatic heterocycles. The molecule has 0 radical (unpaired) electrons. The maximum absolute atomic E-state index is 13.9. The summed E-state index contributed by atoms with van der Waals surface area (Å²) >= 11 is 0. The van der Waals surface area contributed by atoms with E-state index in [2.05, 4.69) is 6.92 Å². The number of aliphatic hydroxyl groups is 1. The van der Waals surface area contributed by atoms with E-state index in [1.165, 1.54) is 0 Å². The molecule has 0 aromatic rings. The zero-order valence-electron chi connectivity index (χ0n) is 7.89. The number of halogens is 1. The van der Waals surface area contributed by atoms with Crippen molar-refractivity contribution < 1.29 is 9.50 Å². The van der Waals surface area contributed by atoms with E-state index < -0.39 is 5.67 Å². The Morgan fingerprint density at radius 3 is 2.83 bits per heavy atom. The second-order valence-electron chi connectivity index (χ2n) is 3.88. The van der Waals surface area contributed by atoms with Crippen molar-refractivity contribution in [1.82, 2.24) is 4.90 Å². The van der Waals surface area contributed by atoms with Crippen molar-refractivity contribution >= 4 is 0 Å². The Kier molecular flexibility index (Phi) is 3.07. The smallest absolute Gasteiger partial charge is 0.150 e. The molecule has 0 unspecified atom stereocenters. The summed E-state index contributed by atoms with van der Waals surface area (Å²) in [5.74, 6) is 0.0255. The lowest BCUT2D eigenvalue weighted by Crippen LogP contribution is -2.36. The van der Waals surface area contributed by atoms with Crippen LogP contribution in [0, 0.1) is 5.92 Å². The summed E-state index contributed by atoms with van der Waals surface area (Å²) in [6, 6.07) is 0.